The predicted octanol–water partition coefficient (Wildman–Crippen LogP) is -0.348. The van der Waals surface area contributed by atoms with Crippen LogP contribution >= 0.6 is 0 Å². The normalized spacial score (nSPS) is 19.3. The van der Waals surface area contributed by atoms with Crippen LogP contribution < -0.4 is 0 Å². The van der Waals surface area contributed by atoms with Crippen molar-refractivity contribution in [2.45, 2.75) is 26.2 Å². The molecule has 1 aliphatic heterocycles. The SMILES string of the molecule is CCCCCN1CCN(CC(=O)O)CCN(CC(=O)O)CCN(CC(=O)O)CC1. The van der Waals surface area contributed by atoms with Gasteiger partial charge in [0.1, 0.15) is 0 Å². The summed E-state index contributed by atoms with van der Waals surface area (Å²) < 4.78 is 0. The summed E-state index contributed by atoms with van der Waals surface area (Å²) in [6.45, 7) is 7.09. The standard InChI is InChI=1S/C19H36N4O6/c1-2-3-4-5-20-6-8-21(14-17(24)25)10-12-23(16-19(28)29)13-11-22(9-7-20)15-18(26)27/h2-16H2,1H3,(H,24,25)(H,26,27)(H,28,29). The van der Waals surface area contributed by atoms with Gasteiger partial charge in [-0.05, 0) is 13.0 Å². The Kier molecular flexibility index (Phi) is 12.4. The molecule has 0 bridgehead atoms. The monoisotopic (exact) mass is 416 g/mol. The van der Waals surface area contributed by atoms with Crippen LogP contribution in [0.1, 0.15) is 26.2 Å². The van der Waals surface area contributed by atoms with Crippen molar-refractivity contribution >= 4 is 17.9 Å². The maximum absolute atomic E-state index is 11.2. The van der Waals surface area contributed by atoms with Gasteiger partial charge in [0.15, 0.2) is 0 Å². The highest BCUT2D eigenvalue weighted by atomic mass is 16.4. The van der Waals surface area contributed by atoms with Gasteiger partial charge in [-0.25, -0.2) is 0 Å². The highest BCUT2D eigenvalue weighted by molar-refractivity contribution is 5.69. The van der Waals surface area contributed by atoms with Crippen molar-refractivity contribution in [2.75, 3.05) is 78.5 Å². The summed E-state index contributed by atoms with van der Waals surface area (Å²) >= 11 is 0. The number of carbonyl (C=O) groups is 3. The molecule has 10 nitrogen and oxygen atoms in total. The van der Waals surface area contributed by atoms with E-state index in [2.05, 4.69) is 11.8 Å². The molecule has 0 aromatic rings. The minimum Gasteiger partial charge on any atom is -0.480 e. The number of nitrogens with zero attached hydrogens (tertiary/aromatic N) is 4. The smallest absolute Gasteiger partial charge is 0.317 e. The number of hydrogen-bond donors (Lipinski definition) is 3. The second-order valence-corrected chi connectivity index (χ2v) is 7.56. The number of aliphatic carboxylic acids is 3. The largest absolute Gasteiger partial charge is 0.480 e. The van der Waals surface area contributed by atoms with E-state index in [-0.39, 0.29) is 19.6 Å². The molecule has 168 valence electrons. The molecular weight excluding hydrogens is 380 g/mol. The highest BCUT2D eigenvalue weighted by Crippen LogP contribution is 2.03. The number of carboxylic acids is 3. The molecule has 0 unspecified atom stereocenters. The Morgan fingerprint density at radius 3 is 1.17 bits per heavy atom. The lowest BCUT2D eigenvalue weighted by Crippen LogP contribution is -2.48. The highest BCUT2D eigenvalue weighted by Gasteiger charge is 2.19. The average Bonchev–Trinajstić information content (AvgIpc) is 2.62. The molecule has 0 saturated carbocycles. The number of rotatable bonds is 10. The van der Waals surface area contributed by atoms with Crippen LogP contribution in [-0.4, -0.2) is 131 Å². The van der Waals surface area contributed by atoms with Crippen molar-refractivity contribution in [1.82, 2.24) is 19.6 Å². The van der Waals surface area contributed by atoms with Crippen molar-refractivity contribution in [3.63, 3.8) is 0 Å². The fraction of sp³-hybridized carbons (Fsp3) is 0.842. The van der Waals surface area contributed by atoms with E-state index in [1.165, 1.54) is 0 Å². The summed E-state index contributed by atoms with van der Waals surface area (Å²) in [4.78, 5) is 41.3. The van der Waals surface area contributed by atoms with Crippen LogP contribution in [0.25, 0.3) is 0 Å². The van der Waals surface area contributed by atoms with Gasteiger partial charge in [-0.3, -0.25) is 29.1 Å². The van der Waals surface area contributed by atoms with E-state index in [1.54, 1.807) is 4.90 Å². The van der Waals surface area contributed by atoms with Crippen molar-refractivity contribution in [3.8, 4) is 0 Å². The lowest BCUT2D eigenvalue weighted by atomic mass is 10.2. The van der Waals surface area contributed by atoms with Gasteiger partial charge >= 0.3 is 17.9 Å². The van der Waals surface area contributed by atoms with Gasteiger partial charge in [0.2, 0.25) is 0 Å². The lowest BCUT2D eigenvalue weighted by molar-refractivity contribution is -0.140. The van der Waals surface area contributed by atoms with E-state index in [1.807, 2.05) is 9.80 Å². The van der Waals surface area contributed by atoms with E-state index in [0.29, 0.717) is 52.4 Å². The maximum Gasteiger partial charge on any atom is 0.317 e. The Labute approximate surface area is 172 Å². The van der Waals surface area contributed by atoms with Crippen LogP contribution in [0.5, 0.6) is 0 Å². The van der Waals surface area contributed by atoms with Crippen LogP contribution in [0.3, 0.4) is 0 Å². The molecule has 1 heterocycles. The molecule has 1 aliphatic rings. The Bertz CT molecular complexity index is 487. The Morgan fingerprint density at radius 2 is 0.897 bits per heavy atom. The zero-order valence-electron chi connectivity index (χ0n) is 17.5. The molecule has 0 radical (unpaired) electrons. The molecule has 1 saturated heterocycles. The van der Waals surface area contributed by atoms with Gasteiger partial charge in [0, 0.05) is 52.4 Å². The summed E-state index contributed by atoms with van der Waals surface area (Å²) in [6.07, 6.45) is 3.29. The van der Waals surface area contributed by atoms with Crippen LogP contribution in [-0.2, 0) is 14.4 Å². The van der Waals surface area contributed by atoms with Gasteiger partial charge in [0.05, 0.1) is 19.6 Å². The Morgan fingerprint density at radius 1 is 0.586 bits per heavy atom. The predicted molar refractivity (Wildman–Crippen MR) is 108 cm³/mol. The second kappa shape index (κ2) is 14.3. The van der Waals surface area contributed by atoms with Crippen LogP contribution in [0.15, 0.2) is 0 Å². The van der Waals surface area contributed by atoms with Gasteiger partial charge in [-0.2, -0.15) is 0 Å². The van der Waals surface area contributed by atoms with Crippen LogP contribution in [0.4, 0.5) is 0 Å². The summed E-state index contributed by atoms with van der Waals surface area (Å²) in [6, 6.07) is 0. The molecule has 29 heavy (non-hydrogen) atoms. The third kappa shape index (κ3) is 12.4. The zero-order chi connectivity index (χ0) is 21.6. The van der Waals surface area contributed by atoms with Crippen molar-refractivity contribution in [1.29, 1.82) is 0 Å². The summed E-state index contributed by atoms with van der Waals surface area (Å²) in [7, 11) is 0. The van der Waals surface area contributed by atoms with Crippen molar-refractivity contribution in [3.05, 3.63) is 0 Å². The summed E-state index contributed by atoms with van der Waals surface area (Å²) in [5.41, 5.74) is 0. The van der Waals surface area contributed by atoms with Crippen LogP contribution in [0.2, 0.25) is 0 Å². The Balaban J connectivity index is 2.85. The van der Waals surface area contributed by atoms with E-state index in [9.17, 15) is 24.6 Å². The van der Waals surface area contributed by atoms with Gasteiger partial charge < -0.3 is 20.2 Å². The van der Waals surface area contributed by atoms with Crippen molar-refractivity contribution in [2.24, 2.45) is 0 Å². The molecule has 0 amide bonds. The second-order valence-electron chi connectivity index (χ2n) is 7.56. The average molecular weight is 417 g/mol. The first-order chi connectivity index (χ1) is 13.8. The van der Waals surface area contributed by atoms with E-state index in [0.717, 1.165) is 25.8 Å². The van der Waals surface area contributed by atoms with E-state index >= 15 is 0 Å². The molecule has 0 atom stereocenters. The molecular formula is C19H36N4O6. The maximum atomic E-state index is 11.2. The molecule has 1 rings (SSSR count). The number of carboxylic acid groups (broad SMARTS) is 3. The quantitative estimate of drug-likeness (QED) is 0.407. The van der Waals surface area contributed by atoms with Crippen LogP contribution in [0, 0.1) is 0 Å². The molecule has 0 aromatic heterocycles. The fourth-order valence-electron chi connectivity index (χ4n) is 3.44. The van der Waals surface area contributed by atoms with E-state index in [4.69, 9.17) is 5.11 Å². The zero-order valence-corrected chi connectivity index (χ0v) is 17.5. The molecule has 1 fully saturated rings. The number of unbranched alkanes of at least 4 members (excludes halogenated alkanes) is 2. The first kappa shape index (κ1) is 25.3. The molecule has 10 heteroatoms. The number of hydrogen-bond acceptors (Lipinski definition) is 7. The fourth-order valence-corrected chi connectivity index (χ4v) is 3.44. The molecule has 0 spiro atoms. The minimum absolute atomic E-state index is 0.0746. The lowest BCUT2D eigenvalue weighted by Gasteiger charge is -2.33. The van der Waals surface area contributed by atoms with Gasteiger partial charge in [-0.1, -0.05) is 19.8 Å². The molecule has 0 aromatic carbocycles. The molecule has 3 N–H and O–H groups in total. The van der Waals surface area contributed by atoms with Gasteiger partial charge in [0.25, 0.3) is 0 Å². The summed E-state index contributed by atoms with van der Waals surface area (Å²) in [5, 5.41) is 27.5. The van der Waals surface area contributed by atoms with E-state index < -0.39 is 17.9 Å². The topological polar surface area (TPSA) is 125 Å². The van der Waals surface area contributed by atoms with Crippen molar-refractivity contribution < 1.29 is 29.7 Å². The van der Waals surface area contributed by atoms with Gasteiger partial charge in [-0.15, -0.1) is 0 Å². The first-order valence-corrected chi connectivity index (χ1v) is 10.3. The third-order valence-corrected chi connectivity index (χ3v) is 5.08. The third-order valence-electron chi connectivity index (χ3n) is 5.08. The first-order valence-electron chi connectivity index (χ1n) is 10.3. The Hall–Kier alpha value is -1.75. The minimum atomic E-state index is -0.950. The summed E-state index contributed by atoms with van der Waals surface area (Å²) in [5.74, 6) is -2.74. The molecule has 0 aliphatic carbocycles.